The number of likely N-dealkylation sites (tertiary alicyclic amines) is 1. The van der Waals surface area contributed by atoms with E-state index in [4.69, 9.17) is 0 Å². The van der Waals surface area contributed by atoms with Gasteiger partial charge in [0.15, 0.2) is 5.96 Å². The van der Waals surface area contributed by atoms with Gasteiger partial charge in [0.2, 0.25) is 11.8 Å². The van der Waals surface area contributed by atoms with Gasteiger partial charge in [0.25, 0.3) is 0 Å². The minimum absolute atomic E-state index is 0.0191. The van der Waals surface area contributed by atoms with E-state index < -0.39 is 0 Å². The Labute approximate surface area is 159 Å². The highest BCUT2D eigenvalue weighted by molar-refractivity contribution is 6.06. The summed E-state index contributed by atoms with van der Waals surface area (Å²) in [6.07, 6.45) is 7.12. The van der Waals surface area contributed by atoms with Gasteiger partial charge >= 0.3 is 5.97 Å². The van der Waals surface area contributed by atoms with Crippen molar-refractivity contribution in [1.82, 2.24) is 15.5 Å². The maximum atomic E-state index is 12.6. The number of unbranched alkanes of at least 4 members (excludes halogenated alkanes) is 1. The van der Waals surface area contributed by atoms with Crippen molar-refractivity contribution in [3.05, 3.63) is 12.2 Å². The number of carbonyl (C=O) groups is 3. The molecule has 1 aliphatic heterocycles. The molecule has 2 fully saturated rings. The van der Waals surface area contributed by atoms with Crippen LogP contribution in [-0.4, -0.2) is 62.4 Å². The zero-order chi connectivity index (χ0) is 19.4. The Balaban J connectivity index is 1.37. The number of ether oxygens (including phenoxy) is 1. The Bertz CT molecular complexity index is 630. The molecule has 2 N–H and O–H groups in total. The highest BCUT2D eigenvalue weighted by atomic mass is 16.5. The summed E-state index contributed by atoms with van der Waals surface area (Å²) in [6.45, 7) is 1.49. The minimum Gasteiger partial charge on any atom is -0.469 e. The first-order valence-electron chi connectivity index (χ1n) is 9.61. The van der Waals surface area contributed by atoms with E-state index in [0.29, 0.717) is 32.0 Å². The second-order valence-corrected chi connectivity index (χ2v) is 7.29. The average molecular weight is 376 g/mol. The van der Waals surface area contributed by atoms with Crippen molar-refractivity contribution in [3.8, 4) is 0 Å². The number of amides is 2. The van der Waals surface area contributed by atoms with Crippen molar-refractivity contribution in [2.75, 3.05) is 33.8 Å². The van der Waals surface area contributed by atoms with E-state index in [-0.39, 0.29) is 41.5 Å². The third kappa shape index (κ3) is 3.99. The number of allylic oxidation sites excluding steroid dienone is 2. The zero-order valence-corrected chi connectivity index (χ0v) is 15.9. The Morgan fingerprint density at radius 1 is 1.15 bits per heavy atom. The minimum atomic E-state index is -0.203. The number of hydrogen-bond donors (Lipinski definition) is 2. The van der Waals surface area contributed by atoms with Gasteiger partial charge in [-0.15, -0.1) is 0 Å². The molecule has 27 heavy (non-hydrogen) atoms. The highest BCUT2D eigenvalue weighted by Gasteiger charge is 2.58. The standard InChI is InChI=1S/C19H28N4O4/c1-20-19(21-8-4-3-5-14(24)27-2)22-9-10-23-17(25)15-12-6-7-13(11-12)16(15)18(23)26/h6-7,12-13,15-16H,3-5,8-11H2,1-2H3,(H2,20,21,22). The summed E-state index contributed by atoms with van der Waals surface area (Å²) >= 11 is 0. The van der Waals surface area contributed by atoms with Gasteiger partial charge in [0, 0.05) is 33.1 Å². The molecule has 4 unspecified atom stereocenters. The Morgan fingerprint density at radius 3 is 2.37 bits per heavy atom. The topological polar surface area (TPSA) is 100 Å². The summed E-state index contributed by atoms with van der Waals surface area (Å²) in [5, 5.41) is 6.30. The van der Waals surface area contributed by atoms with Crippen LogP contribution in [-0.2, 0) is 19.1 Å². The van der Waals surface area contributed by atoms with Crippen molar-refractivity contribution in [2.24, 2.45) is 28.7 Å². The van der Waals surface area contributed by atoms with Crippen LogP contribution in [0.5, 0.6) is 0 Å². The summed E-state index contributed by atoms with van der Waals surface area (Å²) < 4.78 is 4.60. The number of esters is 1. The number of guanidine groups is 1. The van der Waals surface area contributed by atoms with E-state index >= 15 is 0 Å². The van der Waals surface area contributed by atoms with Gasteiger partial charge in [0.05, 0.1) is 18.9 Å². The number of carbonyl (C=O) groups excluding carboxylic acids is 3. The number of nitrogens with zero attached hydrogens (tertiary/aromatic N) is 2. The largest absolute Gasteiger partial charge is 0.469 e. The van der Waals surface area contributed by atoms with Crippen LogP contribution >= 0.6 is 0 Å². The lowest BCUT2D eigenvalue weighted by molar-refractivity contribution is -0.141. The predicted molar refractivity (Wildman–Crippen MR) is 99.7 cm³/mol. The van der Waals surface area contributed by atoms with Crippen molar-refractivity contribution in [3.63, 3.8) is 0 Å². The molecule has 4 atom stereocenters. The first-order valence-corrected chi connectivity index (χ1v) is 9.61. The number of nitrogens with one attached hydrogen (secondary N) is 2. The number of fused-ring (bicyclic) bond motifs is 5. The summed E-state index contributed by atoms with van der Waals surface area (Å²) in [4.78, 5) is 41.8. The van der Waals surface area contributed by atoms with Crippen LogP contribution in [0.4, 0.5) is 0 Å². The lowest BCUT2D eigenvalue weighted by Gasteiger charge is -2.18. The van der Waals surface area contributed by atoms with Crippen molar-refractivity contribution >= 4 is 23.7 Å². The SMILES string of the molecule is CN=C(NCCCCC(=O)OC)NCCN1C(=O)C2C3C=CC(C3)C2C1=O. The quantitative estimate of drug-likeness (QED) is 0.158. The molecule has 1 heterocycles. The maximum absolute atomic E-state index is 12.6. The van der Waals surface area contributed by atoms with E-state index in [1.807, 2.05) is 0 Å². The number of hydrogen-bond acceptors (Lipinski definition) is 5. The van der Waals surface area contributed by atoms with Crippen LogP contribution in [0, 0.1) is 23.7 Å². The van der Waals surface area contributed by atoms with Gasteiger partial charge in [0.1, 0.15) is 0 Å². The van der Waals surface area contributed by atoms with E-state index in [2.05, 4.69) is 32.5 Å². The van der Waals surface area contributed by atoms with Crippen LogP contribution < -0.4 is 10.6 Å². The van der Waals surface area contributed by atoms with Gasteiger partial charge in [-0.3, -0.25) is 24.3 Å². The lowest BCUT2D eigenvalue weighted by Crippen LogP contribution is -2.43. The molecule has 0 aromatic heterocycles. The molecule has 2 bridgehead atoms. The molecule has 2 amide bonds. The summed E-state index contributed by atoms with van der Waals surface area (Å²) in [7, 11) is 3.06. The monoisotopic (exact) mass is 376 g/mol. The molecule has 8 heteroatoms. The number of methoxy groups -OCH3 is 1. The van der Waals surface area contributed by atoms with Gasteiger partial charge in [-0.05, 0) is 31.1 Å². The Hall–Kier alpha value is -2.38. The zero-order valence-electron chi connectivity index (χ0n) is 15.9. The molecule has 3 rings (SSSR count). The average Bonchev–Trinajstić information content (AvgIpc) is 3.35. The fourth-order valence-electron chi connectivity index (χ4n) is 4.39. The Kier molecular flexibility index (Phi) is 6.13. The number of imide groups is 1. The van der Waals surface area contributed by atoms with Crippen molar-refractivity contribution < 1.29 is 19.1 Å². The summed E-state index contributed by atoms with van der Waals surface area (Å²) in [6, 6.07) is 0. The predicted octanol–water partition coefficient (Wildman–Crippen LogP) is 0.302. The van der Waals surface area contributed by atoms with Gasteiger partial charge in [-0.1, -0.05) is 12.2 Å². The molecule has 2 aliphatic carbocycles. The molecule has 0 aromatic carbocycles. The van der Waals surface area contributed by atoms with Crippen molar-refractivity contribution in [2.45, 2.75) is 25.7 Å². The molecular weight excluding hydrogens is 348 g/mol. The molecule has 148 valence electrons. The third-order valence-corrected chi connectivity index (χ3v) is 5.74. The molecule has 0 spiro atoms. The van der Waals surface area contributed by atoms with E-state index in [1.54, 1.807) is 7.05 Å². The van der Waals surface area contributed by atoms with Crippen LogP contribution in [0.1, 0.15) is 25.7 Å². The van der Waals surface area contributed by atoms with E-state index in [9.17, 15) is 14.4 Å². The number of rotatable bonds is 8. The second-order valence-electron chi connectivity index (χ2n) is 7.29. The second kappa shape index (κ2) is 8.54. The van der Waals surface area contributed by atoms with E-state index in [1.165, 1.54) is 12.0 Å². The van der Waals surface area contributed by atoms with Gasteiger partial charge in [-0.2, -0.15) is 0 Å². The fraction of sp³-hybridized carbons (Fsp3) is 0.684. The first kappa shape index (κ1) is 19.4. The fourth-order valence-corrected chi connectivity index (χ4v) is 4.39. The first-order chi connectivity index (χ1) is 13.1. The Morgan fingerprint density at radius 2 is 1.78 bits per heavy atom. The molecule has 0 aromatic rings. The van der Waals surface area contributed by atoms with E-state index in [0.717, 1.165) is 19.3 Å². The lowest BCUT2D eigenvalue weighted by atomic mass is 9.85. The molecule has 0 radical (unpaired) electrons. The van der Waals surface area contributed by atoms with Crippen LogP contribution in [0.2, 0.25) is 0 Å². The van der Waals surface area contributed by atoms with Gasteiger partial charge < -0.3 is 15.4 Å². The highest BCUT2D eigenvalue weighted by Crippen LogP contribution is 2.52. The summed E-state index contributed by atoms with van der Waals surface area (Å²) in [5.41, 5.74) is 0. The molecule has 8 nitrogen and oxygen atoms in total. The van der Waals surface area contributed by atoms with Crippen LogP contribution in [0.25, 0.3) is 0 Å². The molecular formula is C19H28N4O4. The van der Waals surface area contributed by atoms with Crippen molar-refractivity contribution in [1.29, 1.82) is 0 Å². The molecule has 3 aliphatic rings. The smallest absolute Gasteiger partial charge is 0.305 e. The molecule has 1 saturated carbocycles. The number of aliphatic imine (C=N–C) groups is 1. The maximum Gasteiger partial charge on any atom is 0.305 e. The molecule has 1 saturated heterocycles. The van der Waals surface area contributed by atoms with Gasteiger partial charge in [-0.25, -0.2) is 0 Å². The summed E-state index contributed by atoms with van der Waals surface area (Å²) in [5.74, 6) is 0.589. The normalized spacial score (nSPS) is 28.7. The van der Waals surface area contributed by atoms with Crippen LogP contribution in [0.3, 0.4) is 0 Å². The third-order valence-electron chi connectivity index (χ3n) is 5.74. The van der Waals surface area contributed by atoms with Crippen LogP contribution in [0.15, 0.2) is 17.1 Å².